The molecule has 98 valence electrons. The molecule has 0 aliphatic carbocycles. The van der Waals surface area contributed by atoms with Crippen LogP contribution in [0.2, 0.25) is 18.1 Å². The van der Waals surface area contributed by atoms with Gasteiger partial charge in [-0.1, -0.05) is 50.3 Å². The van der Waals surface area contributed by atoms with E-state index in [0.29, 0.717) is 11.0 Å². The Hall–Kier alpha value is 0.867. The van der Waals surface area contributed by atoms with Crippen LogP contribution in [0.3, 0.4) is 0 Å². The van der Waals surface area contributed by atoms with E-state index in [-0.39, 0.29) is 0 Å². The summed E-state index contributed by atoms with van der Waals surface area (Å²) < 4.78 is 12.6. The fourth-order valence-corrected chi connectivity index (χ4v) is 4.06. The molecule has 0 aromatic carbocycles. The van der Waals surface area contributed by atoms with Crippen molar-refractivity contribution in [2.24, 2.45) is 5.92 Å². The lowest BCUT2D eigenvalue weighted by Gasteiger charge is -2.42. The van der Waals surface area contributed by atoms with Crippen molar-refractivity contribution in [1.29, 1.82) is 0 Å². The molecule has 0 bridgehead atoms. The molecule has 0 radical (unpaired) electrons. The van der Waals surface area contributed by atoms with E-state index in [9.17, 15) is 0 Å². The van der Waals surface area contributed by atoms with E-state index in [0.717, 1.165) is 24.2 Å². The first-order valence-corrected chi connectivity index (χ1v) is 10.5. The van der Waals surface area contributed by atoms with Gasteiger partial charge in [0, 0.05) is 4.43 Å². The average molecular weight is 358 g/mol. The SMILES string of the molecule is CC(C)C(C)(C)[Si](C)(C)OCCOCCI. The van der Waals surface area contributed by atoms with Gasteiger partial charge in [0.1, 0.15) is 0 Å². The normalized spacial score (nSPS) is 13.5. The van der Waals surface area contributed by atoms with E-state index in [4.69, 9.17) is 9.16 Å². The maximum absolute atomic E-state index is 6.11. The first-order valence-electron chi connectivity index (χ1n) is 6.03. The van der Waals surface area contributed by atoms with Crippen molar-refractivity contribution in [3.05, 3.63) is 0 Å². The number of ether oxygens (including phenoxy) is 1. The van der Waals surface area contributed by atoms with Gasteiger partial charge in [0.25, 0.3) is 0 Å². The van der Waals surface area contributed by atoms with E-state index >= 15 is 0 Å². The van der Waals surface area contributed by atoms with Crippen LogP contribution in [0.4, 0.5) is 0 Å². The predicted molar refractivity (Wildman–Crippen MR) is 82.0 cm³/mol. The molecule has 0 amide bonds. The summed E-state index contributed by atoms with van der Waals surface area (Å²) in [5.41, 5.74) is 0. The molecule has 0 aliphatic heterocycles. The zero-order valence-electron chi connectivity index (χ0n) is 11.6. The van der Waals surface area contributed by atoms with Gasteiger partial charge in [0.2, 0.25) is 0 Å². The third kappa shape index (κ3) is 5.02. The summed E-state index contributed by atoms with van der Waals surface area (Å²) >= 11 is 2.32. The molecule has 2 nitrogen and oxygen atoms in total. The van der Waals surface area contributed by atoms with Gasteiger partial charge in [-0.3, -0.25) is 0 Å². The van der Waals surface area contributed by atoms with Crippen LogP contribution in [0, 0.1) is 5.92 Å². The summed E-state index contributed by atoms with van der Waals surface area (Å²) in [6.45, 7) is 16.1. The van der Waals surface area contributed by atoms with E-state index in [1.165, 1.54) is 0 Å². The Morgan fingerprint density at radius 2 is 1.69 bits per heavy atom. The van der Waals surface area contributed by atoms with Crippen LogP contribution in [-0.4, -0.2) is 32.6 Å². The topological polar surface area (TPSA) is 18.5 Å². The minimum Gasteiger partial charge on any atom is -0.414 e. The largest absolute Gasteiger partial charge is 0.414 e. The van der Waals surface area contributed by atoms with Gasteiger partial charge < -0.3 is 9.16 Å². The van der Waals surface area contributed by atoms with Crippen molar-refractivity contribution in [1.82, 2.24) is 0 Å². The molecule has 16 heavy (non-hydrogen) atoms. The molecule has 0 rings (SSSR count). The van der Waals surface area contributed by atoms with Crippen molar-refractivity contribution >= 4 is 30.9 Å². The van der Waals surface area contributed by atoms with Gasteiger partial charge in [-0.2, -0.15) is 0 Å². The second kappa shape index (κ2) is 7.33. The average Bonchev–Trinajstić information content (AvgIpc) is 2.16. The van der Waals surface area contributed by atoms with Crippen molar-refractivity contribution in [3.63, 3.8) is 0 Å². The predicted octanol–water partition coefficient (Wildman–Crippen LogP) is 4.10. The number of halogens is 1. The second-order valence-corrected chi connectivity index (χ2v) is 11.2. The molecule has 0 atom stereocenters. The maximum Gasteiger partial charge on any atom is 0.192 e. The van der Waals surface area contributed by atoms with Gasteiger partial charge in [0.15, 0.2) is 8.32 Å². The molecule has 0 heterocycles. The monoisotopic (exact) mass is 358 g/mol. The standard InChI is InChI=1S/C12H27IO2Si/c1-11(2)12(3,4)16(5,6)15-10-9-14-8-7-13/h11H,7-10H2,1-6H3. The minimum atomic E-state index is -1.64. The Balaban J connectivity index is 4.04. The highest BCUT2D eigenvalue weighted by Gasteiger charge is 2.42. The molecule has 0 fully saturated rings. The lowest BCUT2D eigenvalue weighted by Crippen LogP contribution is -2.45. The lowest BCUT2D eigenvalue weighted by molar-refractivity contribution is 0.106. The van der Waals surface area contributed by atoms with Gasteiger partial charge >= 0.3 is 0 Å². The van der Waals surface area contributed by atoms with Crippen molar-refractivity contribution < 1.29 is 9.16 Å². The van der Waals surface area contributed by atoms with Crippen LogP contribution >= 0.6 is 22.6 Å². The molecule has 0 N–H and O–H groups in total. The number of hydrogen-bond acceptors (Lipinski definition) is 2. The first-order chi connectivity index (χ1) is 7.25. The molecular weight excluding hydrogens is 331 g/mol. The van der Waals surface area contributed by atoms with E-state index in [2.05, 4.69) is 63.4 Å². The Labute approximate surface area is 116 Å². The Morgan fingerprint density at radius 1 is 1.12 bits per heavy atom. The molecule has 0 saturated carbocycles. The summed E-state index contributed by atoms with van der Waals surface area (Å²) in [5.74, 6) is 0.657. The fourth-order valence-electron chi connectivity index (χ4n) is 1.39. The minimum absolute atomic E-state index is 0.302. The van der Waals surface area contributed by atoms with Crippen molar-refractivity contribution in [2.75, 3.05) is 24.2 Å². The molecule has 0 aromatic rings. The number of rotatable bonds is 8. The summed E-state index contributed by atoms with van der Waals surface area (Å²) in [6.07, 6.45) is 0. The molecule has 0 unspecified atom stereocenters. The highest BCUT2D eigenvalue weighted by atomic mass is 127. The molecule has 0 spiro atoms. The third-order valence-corrected chi connectivity index (χ3v) is 8.95. The quantitative estimate of drug-likeness (QED) is 0.282. The summed E-state index contributed by atoms with van der Waals surface area (Å²) in [4.78, 5) is 0. The number of alkyl halides is 1. The van der Waals surface area contributed by atoms with Gasteiger partial charge in [-0.15, -0.1) is 0 Å². The van der Waals surface area contributed by atoms with E-state index < -0.39 is 8.32 Å². The van der Waals surface area contributed by atoms with E-state index in [1.807, 2.05) is 0 Å². The van der Waals surface area contributed by atoms with Crippen LogP contribution in [-0.2, 0) is 9.16 Å². The fraction of sp³-hybridized carbons (Fsp3) is 1.00. The van der Waals surface area contributed by atoms with Gasteiger partial charge in [-0.05, 0) is 24.1 Å². The second-order valence-electron chi connectivity index (χ2n) is 5.54. The zero-order chi connectivity index (χ0) is 12.8. The Morgan fingerprint density at radius 3 is 2.12 bits per heavy atom. The molecule has 4 heteroatoms. The molecule has 0 aromatic heterocycles. The smallest absolute Gasteiger partial charge is 0.192 e. The molecule has 0 saturated heterocycles. The molecule has 0 aliphatic rings. The molecular formula is C12H27IO2Si. The summed E-state index contributed by atoms with van der Waals surface area (Å²) in [6, 6.07) is 0. The van der Waals surface area contributed by atoms with Gasteiger partial charge in [-0.25, -0.2) is 0 Å². The van der Waals surface area contributed by atoms with Crippen LogP contribution in [0.25, 0.3) is 0 Å². The van der Waals surface area contributed by atoms with Crippen LogP contribution < -0.4 is 0 Å². The lowest BCUT2D eigenvalue weighted by atomic mass is 9.99. The third-order valence-electron chi connectivity index (χ3n) is 3.91. The summed E-state index contributed by atoms with van der Waals surface area (Å²) in [5, 5.41) is 0.302. The summed E-state index contributed by atoms with van der Waals surface area (Å²) in [7, 11) is -1.64. The highest BCUT2D eigenvalue weighted by molar-refractivity contribution is 14.1. The van der Waals surface area contributed by atoms with Crippen molar-refractivity contribution in [2.45, 2.75) is 45.8 Å². The van der Waals surface area contributed by atoms with Crippen LogP contribution in [0.5, 0.6) is 0 Å². The van der Waals surface area contributed by atoms with Crippen LogP contribution in [0.15, 0.2) is 0 Å². The zero-order valence-corrected chi connectivity index (χ0v) is 14.8. The highest BCUT2D eigenvalue weighted by Crippen LogP contribution is 2.44. The number of hydrogen-bond donors (Lipinski definition) is 0. The van der Waals surface area contributed by atoms with Crippen LogP contribution in [0.1, 0.15) is 27.7 Å². The van der Waals surface area contributed by atoms with Gasteiger partial charge in [0.05, 0.1) is 19.8 Å². The van der Waals surface area contributed by atoms with E-state index in [1.54, 1.807) is 0 Å². The Bertz CT molecular complexity index is 193. The maximum atomic E-state index is 6.11. The Kier molecular flexibility index (Phi) is 7.73. The first kappa shape index (κ1) is 16.9. The van der Waals surface area contributed by atoms with Crippen molar-refractivity contribution in [3.8, 4) is 0 Å².